The third kappa shape index (κ3) is 5.73. The summed E-state index contributed by atoms with van der Waals surface area (Å²) in [5, 5.41) is 12.4. The molecule has 0 unspecified atom stereocenters. The fourth-order valence-corrected chi connectivity index (χ4v) is 4.54. The molecule has 2 aliphatic carbocycles. The van der Waals surface area contributed by atoms with Gasteiger partial charge >= 0.3 is 0 Å². The van der Waals surface area contributed by atoms with Gasteiger partial charge in [-0.3, -0.25) is 4.79 Å². The Balaban J connectivity index is 0.000000189. The molecule has 7 nitrogen and oxygen atoms in total. The van der Waals surface area contributed by atoms with Gasteiger partial charge in [-0.05, 0) is 49.9 Å². The summed E-state index contributed by atoms with van der Waals surface area (Å²) in [7, 11) is 5.32. The van der Waals surface area contributed by atoms with Gasteiger partial charge in [0.25, 0.3) is 5.56 Å². The normalized spacial score (nSPS) is 15.6. The quantitative estimate of drug-likeness (QED) is 0.558. The highest BCUT2D eigenvalue weighted by Crippen LogP contribution is 2.31. The highest BCUT2D eigenvalue weighted by atomic mass is 19.1. The number of hydrogen-bond donors (Lipinski definition) is 1. The van der Waals surface area contributed by atoms with E-state index in [-0.39, 0.29) is 11.4 Å². The number of nitrogens with zero attached hydrogens (tertiary/aromatic N) is 4. The fraction of sp³-hybridized carbons (Fsp3) is 0.444. The molecular weight excluding hydrogens is 445 g/mol. The van der Waals surface area contributed by atoms with Crippen LogP contribution in [0.3, 0.4) is 0 Å². The Labute approximate surface area is 205 Å². The first-order valence-electron chi connectivity index (χ1n) is 12.1. The van der Waals surface area contributed by atoms with E-state index >= 15 is 0 Å². The van der Waals surface area contributed by atoms with Crippen molar-refractivity contribution in [2.75, 3.05) is 24.4 Å². The van der Waals surface area contributed by atoms with E-state index in [1.165, 1.54) is 44.2 Å². The third-order valence-electron chi connectivity index (χ3n) is 6.79. The molecule has 0 aliphatic heterocycles. The van der Waals surface area contributed by atoms with Gasteiger partial charge in [0.2, 0.25) is 0 Å². The van der Waals surface area contributed by atoms with Crippen LogP contribution in [0, 0.1) is 17.1 Å². The molecule has 184 valence electrons. The zero-order valence-electron chi connectivity index (χ0n) is 20.6. The molecule has 2 saturated carbocycles. The summed E-state index contributed by atoms with van der Waals surface area (Å²) in [6, 6.07) is 12.7. The predicted molar refractivity (Wildman–Crippen MR) is 137 cm³/mol. The summed E-state index contributed by atoms with van der Waals surface area (Å²) >= 11 is 0. The summed E-state index contributed by atoms with van der Waals surface area (Å²) < 4.78 is 19.4. The number of fused-ring (bicyclic) bond motifs is 1. The lowest BCUT2D eigenvalue weighted by Crippen LogP contribution is -2.34. The van der Waals surface area contributed by atoms with Gasteiger partial charge in [0.15, 0.2) is 0 Å². The lowest BCUT2D eigenvalue weighted by atomic mass is 9.94. The molecule has 0 radical (unpaired) electrons. The zero-order valence-corrected chi connectivity index (χ0v) is 20.6. The van der Waals surface area contributed by atoms with Crippen LogP contribution in [0.4, 0.5) is 15.8 Å². The number of pyridine rings is 2. The molecule has 2 aromatic heterocycles. The van der Waals surface area contributed by atoms with E-state index < -0.39 is 0 Å². The molecule has 35 heavy (non-hydrogen) atoms. The molecule has 1 aromatic carbocycles. The van der Waals surface area contributed by atoms with Crippen molar-refractivity contribution in [2.45, 2.75) is 57.0 Å². The van der Waals surface area contributed by atoms with Crippen molar-refractivity contribution < 1.29 is 9.13 Å². The molecule has 0 saturated heterocycles. The Bertz CT molecular complexity index is 1290. The topological polar surface area (TPSA) is 83.2 Å². The number of hydrogen-bond acceptors (Lipinski definition) is 6. The van der Waals surface area contributed by atoms with Crippen molar-refractivity contribution in [3.05, 3.63) is 58.3 Å². The Morgan fingerprint density at radius 2 is 1.89 bits per heavy atom. The number of nitrogens with one attached hydrogen (secondary N) is 1. The van der Waals surface area contributed by atoms with Crippen molar-refractivity contribution in [2.24, 2.45) is 7.05 Å². The zero-order chi connectivity index (χ0) is 24.9. The maximum absolute atomic E-state index is 12.8. The molecule has 0 bridgehead atoms. The second kappa shape index (κ2) is 10.8. The first-order chi connectivity index (χ1) is 16.9. The van der Waals surface area contributed by atoms with Crippen LogP contribution in [0.5, 0.6) is 5.75 Å². The molecule has 2 fully saturated rings. The van der Waals surface area contributed by atoms with Crippen molar-refractivity contribution in [3.63, 3.8) is 0 Å². The number of halogens is 1. The van der Waals surface area contributed by atoms with Gasteiger partial charge in [-0.2, -0.15) is 5.26 Å². The maximum atomic E-state index is 12.8. The minimum absolute atomic E-state index is 0.0448. The monoisotopic (exact) mass is 477 g/mol. The first-order valence-corrected chi connectivity index (χ1v) is 12.1. The van der Waals surface area contributed by atoms with Gasteiger partial charge < -0.3 is 19.5 Å². The minimum atomic E-state index is -0.266. The number of aryl methyl sites for hydroxylation is 1. The molecular formula is C27H32FN5O2. The van der Waals surface area contributed by atoms with Gasteiger partial charge in [0.05, 0.1) is 24.0 Å². The highest BCUT2D eigenvalue weighted by Gasteiger charge is 2.23. The SMILES string of the molecule is CN(c1cc(=O)n(C)c2ccc(C#N)nc12)C1CCCCC1.COc1cc(F)ccc1NC1CC1. The average Bonchev–Trinajstić information content (AvgIpc) is 3.71. The van der Waals surface area contributed by atoms with Crippen LogP contribution in [0.1, 0.15) is 50.6 Å². The standard InChI is InChI=1S/C17H20N4O.C10H12FNO/c1-20(13-6-4-3-5-7-13)15-10-16(22)21(2)14-9-8-12(11-18)19-17(14)15;1-13-10-6-7(11)2-5-9(10)12-8-3-4-8/h8-10,13H,3-7H2,1-2H3;2,5-6,8,12H,3-4H2,1H3. The molecule has 0 amide bonds. The smallest absolute Gasteiger partial charge is 0.252 e. The van der Waals surface area contributed by atoms with Crippen LogP contribution in [-0.2, 0) is 7.05 Å². The molecule has 3 aromatic rings. The average molecular weight is 478 g/mol. The molecule has 0 atom stereocenters. The fourth-order valence-electron chi connectivity index (χ4n) is 4.54. The van der Waals surface area contributed by atoms with Crippen molar-refractivity contribution in [1.29, 1.82) is 5.26 Å². The highest BCUT2D eigenvalue weighted by molar-refractivity contribution is 5.88. The predicted octanol–water partition coefficient (Wildman–Crippen LogP) is 4.98. The van der Waals surface area contributed by atoms with Crippen LogP contribution in [-0.4, -0.2) is 35.8 Å². The Morgan fingerprint density at radius 3 is 2.54 bits per heavy atom. The second-order valence-corrected chi connectivity index (χ2v) is 9.27. The molecule has 2 aliphatic rings. The van der Waals surface area contributed by atoms with Crippen molar-refractivity contribution >= 4 is 22.4 Å². The molecule has 5 rings (SSSR count). The largest absolute Gasteiger partial charge is 0.494 e. The van der Waals surface area contributed by atoms with Gasteiger partial charge in [-0.15, -0.1) is 0 Å². The minimum Gasteiger partial charge on any atom is -0.494 e. The number of anilines is 2. The number of aromatic nitrogens is 2. The lowest BCUT2D eigenvalue weighted by molar-refractivity contribution is 0.413. The number of methoxy groups -OCH3 is 1. The summed E-state index contributed by atoms with van der Waals surface area (Å²) in [5.41, 5.74) is 3.55. The van der Waals surface area contributed by atoms with Crippen LogP contribution in [0.15, 0.2) is 41.2 Å². The Morgan fingerprint density at radius 1 is 1.14 bits per heavy atom. The van der Waals surface area contributed by atoms with Crippen LogP contribution < -0.4 is 20.5 Å². The van der Waals surface area contributed by atoms with Crippen LogP contribution >= 0.6 is 0 Å². The molecule has 0 spiro atoms. The Hall–Kier alpha value is -3.60. The number of nitriles is 1. The van der Waals surface area contributed by atoms with E-state index in [0.29, 0.717) is 23.5 Å². The van der Waals surface area contributed by atoms with Crippen molar-refractivity contribution in [3.8, 4) is 11.8 Å². The van der Waals surface area contributed by atoms with Crippen LogP contribution in [0.2, 0.25) is 0 Å². The van der Waals surface area contributed by atoms with E-state index in [0.717, 1.165) is 35.2 Å². The third-order valence-corrected chi connectivity index (χ3v) is 6.79. The summed E-state index contributed by atoms with van der Waals surface area (Å²) in [6.07, 6.45) is 8.43. The number of benzene rings is 1. The van der Waals surface area contributed by atoms with Gasteiger partial charge in [-0.25, -0.2) is 9.37 Å². The van der Waals surface area contributed by atoms with Gasteiger partial charge in [-0.1, -0.05) is 19.3 Å². The number of ether oxygens (including phenoxy) is 1. The summed E-state index contributed by atoms with van der Waals surface area (Å²) in [6.45, 7) is 0. The van der Waals surface area contributed by atoms with Gasteiger partial charge in [0.1, 0.15) is 28.8 Å². The van der Waals surface area contributed by atoms with E-state index in [9.17, 15) is 9.18 Å². The van der Waals surface area contributed by atoms with Crippen molar-refractivity contribution in [1.82, 2.24) is 9.55 Å². The Kier molecular flexibility index (Phi) is 7.54. The van der Waals surface area contributed by atoms with Crippen LogP contribution in [0.25, 0.3) is 11.0 Å². The summed E-state index contributed by atoms with van der Waals surface area (Å²) in [4.78, 5) is 18.9. The van der Waals surface area contributed by atoms with E-state index in [4.69, 9.17) is 10.00 Å². The number of rotatable bonds is 5. The second-order valence-electron chi connectivity index (χ2n) is 9.27. The van der Waals surface area contributed by atoms with E-state index in [2.05, 4.69) is 21.3 Å². The first kappa shape index (κ1) is 24.5. The molecule has 2 heterocycles. The van der Waals surface area contributed by atoms with Gasteiger partial charge in [0, 0.05) is 38.3 Å². The molecule has 1 N–H and O–H groups in total. The van der Waals surface area contributed by atoms with E-state index in [1.54, 1.807) is 43.0 Å². The summed E-state index contributed by atoms with van der Waals surface area (Å²) in [5.74, 6) is 0.310. The molecule has 8 heteroatoms. The van der Waals surface area contributed by atoms with E-state index in [1.807, 2.05) is 7.05 Å². The maximum Gasteiger partial charge on any atom is 0.252 e. The lowest BCUT2D eigenvalue weighted by Gasteiger charge is -2.33.